The average molecular weight is 270 g/mol. The van der Waals surface area contributed by atoms with Gasteiger partial charge in [-0.15, -0.1) is 13.2 Å². The highest BCUT2D eigenvalue weighted by atomic mass is 16.6. The van der Waals surface area contributed by atoms with Gasteiger partial charge in [0, 0.05) is 13.1 Å². The van der Waals surface area contributed by atoms with E-state index in [1.807, 2.05) is 23.1 Å². The van der Waals surface area contributed by atoms with E-state index in [1.54, 1.807) is 12.2 Å². The second-order valence-electron chi connectivity index (χ2n) is 4.47. The quantitative estimate of drug-likeness (QED) is 0.746. The summed E-state index contributed by atoms with van der Waals surface area (Å²) in [4.78, 5) is 1.99. The van der Waals surface area contributed by atoms with Crippen LogP contribution in [0.25, 0.3) is 0 Å². The molecule has 1 aromatic rings. The summed E-state index contributed by atoms with van der Waals surface area (Å²) in [7, 11) is 0. The zero-order valence-electron chi connectivity index (χ0n) is 11.4. The molecule has 1 atom stereocenters. The van der Waals surface area contributed by atoms with Gasteiger partial charge in [0.2, 0.25) is 0 Å². The number of hydrogen-bond acceptors (Lipinski definition) is 4. The third kappa shape index (κ3) is 3.01. The molecule has 0 saturated carbocycles. The van der Waals surface area contributed by atoms with Crippen LogP contribution in [0, 0.1) is 11.3 Å². The maximum absolute atomic E-state index is 9.47. The van der Waals surface area contributed by atoms with Gasteiger partial charge >= 0.3 is 0 Å². The Balaban J connectivity index is 2.28. The van der Waals surface area contributed by atoms with Gasteiger partial charge in [-0.1, -0.05) is 18.2 Å². The van der Waals surface area contributed by atoms with Crippen molar-refractivity contribution < 1.29 is 9.47 Å². The molecule has 20 heavy (non-hydrogen) atoms. The maximum Gasteiger partial charge on any atom is 0.161 e. The van der Waals surface area contributed by atoms with Crippen molar-refractivity contribution in [3.8, 4) is 17.6 Å². The number of nitrogens with zero attached hydrogens (tertiary/aromatic N) is 2. The first-order chi connectivity index (χ1) is 9.80. The highest BCUT2D eigenvalue weighted by Gasteiger charge is 2.21. The Kier molecular flexibility index (Phi) is 4.80. The molecular formula is C16H18N2O2. The van der Waals surface area contributed by atoms with E-state index in [1.165, 1.54) is 0 Å². The zero-order chi connectivity index (χ0) is 14.4. The van der Waals surface area contributed by atoms with E-state index in [4.69, 9.17) is 9.47 Å². The lowest BCUT2D eigenvalue weighted by atomic mass is 10.1. The van der Waals surface area contributed by atoms with Crippen molar-refractivity contribution in [1.29, 1.82) is 5.26 Å². The molecule has 1 heterocycles. The van der Waals surface area contributed by atoms with Gasteiger partial charge in [0.05, 0.1) is 6.07 Å². The summed E-state index contributed by atoms with van der Waals surface area (Å²) in [5, 5.41) is 9.47. The molecule has 4 heteroatoms. The molecule has 1 aliphatic rings. The first-order valence-electron chi connectivity index (χ1n) is 6.55. The Bertz CT molecular complexity index is 524. The SMILES string of the molecule is C=CCN(CC=C)C(C#N)c1ccc2c(c1)OCCO2. The van der Waals surface area contributed by atoms with E-state index in [0.717, 1.165) is 11.3 Å². The summed E-state index contributed by atoms with van der Waals surface area (Å²) in [6.45, 7) is 9.81. The lowest BCUT2D eigenvalue weighted by Gasteiger charge is -2.26. The molecule has 0 saturated heterocycles. The van der Waals surface area contributed by atoms with Crippen molar-refractivity contribution in [1.82, 2.24) is 4.90 Å². The lowest BCUT2D eigenvalue weighted by molar-refractivity contribution is 0.171. The van der Waals surface area contributed by atoms with Gasteiger partial charge in [-0.3, -0.25) is 4.90 Å². The first kappa shape index (κ1) is 14.2. The molecule has 0 N–H and O–H groups in total. The third-order valence-electron chi connectivity index (χ3n) is 3.10. The van der Waals surface area contributed by atoms with Crippen LogP contribution < -0.4 is 9.47 Å². The molecule has 1 aromatic carbocycles. The Labute approximate surface area is 119 Å². The molecule has 0 aliphatic carbocycles. The molecule has 2 rings (SSSR count). The first-order valence-corrected chi connectivity index (χ1v) is 6.55. The largest absolute Gasteiger partial charge is 0.486 e. The molecule has 0 radical (unpaired) electrons. The minimum absolute atomic E-state index is 0.359. The van der Waals surface area contributed by atoms with Gasteiger partial charge in [-0.25, -0.2) is 0 Å². The molecule has 0 fully saturated rings. The van der Waals surface area contributed by atoms with Crippen LogP contribution in [0.3, 0.4) is 0 Å². The number of ether oxygens (including phenoxy) is 2. The molecule has 104 valence electrons. The van der Waals surface area contributed by atoms with Crippen LogP contribution in [0.5, 0.6) is 11.5 Å². The van der Waals surface area contributed by atoms with Crippen molar-refractivity contribution in [2.45, 2.75) is 6.04 Å². The fourth-order valence-electron chi connectivity index (χ4n) is 2.21. The van der Waals surface area contributed by atoms with Gasteiger partial charge in [0.25, 0.3) is 0 Å². The smallest absolute Gasteiger partial charge is 0.161 e. The second kappa shape index (κ2) is 6.78. The van der Waals surface area contributed by atoms with E-state index in [2.05, 4.69) is 19.2 Å². The number of rotatable bonds is 6. The van der Waals surface area contributed by atoms with E-state index in [9.17, 15) is 5.26 Å². The number of fused-ring (bicyclic) bond motifs is 1. The normalized spacial score (nSPS) is 14.4. The molecule has 0 spiro atoms. The van der Waals surface area contributed by atoms with Gasteiger partial charge < -0.3 is 9.47 Å². The molecule has 1 unspecified atom stereocenters. The third-order valence-corrected chi connectivity index (χ3v) is 3.10. The summed E-state index contributed by atoms with van der Waals surface area (Å²) < 4.78 is 11.1. The van der Waals surface area contributed by atoms with Crippen LogP contribution in [0.1, 0.15) is 11.6 Å². The Morgan fingerprint density at radius 3 is 2.45 bits per heavy atom. The van der Waals surface area contributed by atoms with Crippen LogP contribution >= 0.6 is 0 Å². The number of benzene rings is 1. The molecular weight excluding hydrogens is 252 g/mol. The summed E-state index contributed by atoms with van der Waals surface area (Å²) in [6.07, 6.45) is 3.57. The van der Waals surface area contributed by atoms with Crippen LogP contribution in [0.15, 0.2) is 43.5 Å². The molecule has 0 amide bonds. The molecule has 0 bridgehead atoms. The predicted molar refractivity (Wildman–Crippen MR) is 77.8 cm³/mol. The summed E-state index contributed by atoms with van der Waals surface area (Å²) >= 11 is 0. The summed E-state index contributed by atoms with van der Waals surface area (Å²) in [6, 6.07) is 7.60. The van der Waals surface area contributed by atoms with Crippen LogP contribution in [0.2, 0.25) is 0 Å². The van der Waals surface area contributed by atoms with Crippen molar-refractivity contribution in [2.75, 3.05) is 26.3 Å². The van der Waals surface area contributed by atoms with Gasteiger partial charge in [-0.05, 0) is 17.7 Å². The van der Waals surface area contributed by atoms with Crippen molar-refractivity contribution in [3.05, 3.63) is 49.1 Å². The molecule has 4 nitrogen and oxygen atoms in total. The van der Waals surface area contributed by atoms with E-state index in [-0.39, 0.29) is 6.04 Å². The van der Waals surface area contributed by atoms with Crippen molar-refractivity contribution >= 4 is 0 Å². The highest BCUT2D eigenvalue weighted by molar-refractivity contribution is 5.45. The topological polar surface area (TPSA) is 45.5 Å². The summed E-state index contributed by atoms with van der Waals surface area (Å²) in [5.41, 5.74) is 0.889. The van der Waals surface area contributed by atoms with Crippen molar-refractivity contribution in [2.24, 2.45) is 0 Å². The van der Waals surface area contributed by atoms with Gasteiger partial charge in [0.15, 0.2) is 11.5 Å². The van der Waals surface area contributed by atoms with Gasteiger partial charge in [0.1, 0.15) is 19.3 Å². The standard InChI is InChI=1S/C16H18N2O2/c1-3-7-18(8-4-2)14(12-17)13-5-6-15-16(11-13)20-10-9-19-15/h3-6,11,14H,1-2,7-10H2. The number of hydrogen-bond donors (Lipinski definition) is 0. The Morgan fingerprint density at radius 2 is 1.85 bits per heavy atom. The molecule has 1 aliphatic heterocycles. The minimum atomic E-state index is -0.359. The predicted octanol–water partition coefficient (Wildman–Crippen LogP) is 2.70. The van der Waals surface area contributed by atoms with Crippen LogP contribution in [-0.4, -0.2) is 31.2 Å². The van der Waals surface area contributed by atoms with Crippen LogP contribution in [-0.2, 0) is 0 Å². The van der Waals surface area contributed by atoms with Crippen molar-refractivity contribution in [3.63, 3.8) is 0 Å². The minimum Gasteiger partial charge on any atom is -0.486 e. The molecule has 0 aromatic heterocycles. The highest BCUT2D eigenvalue weighted by Crippen LogP contribution is 2.33. The monoisotopic (exact) mass is 270 g/mol. The van der Waals surface area contributed by atoms with E-state index in [0.29, 0.717) is 32.1 Å². The Hall–Kier alpha value is -2.25. The van der Waals surface area contributed by atoms with Gasteiger partial charge in [-0.2, -0.15) is 5.26 Å². The number of nitriles is 1. The fourth-order valence-corrected chi connectivity index (χ4v) is 2.21. The fraction of sp³-hybridized carbons (Fsp3) is 0.312. The second-order valence-corrected chi connectivity index (χ2v) is 4.47. The Morgan fingerprint density at radius 1 is 1.20 bits per heavy atom. The zero-order valence-corrected chi connectivity index (χ0v) is 11.4. The van der Waals surface area contributed by atoms with E-state index < -0.39 is 0 Å². The lowest BCUT2D eigenvalue weighted by Crippen LogP contribution is -2.28. The maximum atomic E-state index is 9.47. The van der Waals surface area contributed by atoms with E-state index >= 15 is 0 Å². The summed E-state index contributed by atoms with van der Waals surface area (Å²) in [5.74, 6) is 1.43. The van der Waals surface area contributed by atoms with Crippen LogP contribution in [0.4, 0.5) is 0 Å². The average Bonchev–Trinajstić information content (AvgIpc) is 2.48.